The standard InChI is InChI=1S/C16H13NO2/c1-16(11-7-3-2-4-8-11)14(18)12-9-5-6-10-13(12)17-15(16)19/h2-10H,1H3,(H,17,19). The van der Waals surface area contributed by atoms with Gasteiger partial charge in [-0.2, -0.15) is 0 Å². The lowest BCUT2D eigenvalue weighted by Gasteiger charge is -2.32. The van der Waals surface area contributed by atoms with Gasteiger partial charge in [0.05, 0.1) is 5.69 Å². The van der Waals surface area contributed by atoms with Crippen LogP contribution in [-0.4, -0.2) is 11.7 Å². The normalized spacial score (nSPS) is 21.7. The third-order valence-corrected chi connectivity index (χ3v) is 3.68. The van der Waals surface area contributed by atoms with E-state index in [4.69, 9.17) is 0 Å². The number of carbonyl (C=O) groups excluding carboxylic acids is 2. The lowest BCUT2D eigenvalue weighted by molar-refractivity contribution is -0.119. The van der Waals surface area contributed by atoms with Crippen LogP contribution in [0.15, 0.2) is 54.6 Å². The van der Waals surface area contributed by atoms with Gasteiger partial charge in [-0.3, -0.25) is 9.59 Å². The van der Waals surface area contributed by atoms with Crippen molar-refractivity contribution < 1.29 is 9.59 Å². The van der Waals surface area contributed by atoms with Crippen molar-refractivity contribution in [1.29, 1.82) is 0 Å². The quantitative estimate of drug-likeness (QED) is 0.792. The molecule has 1 amide bonds. The molecule has 2 aromatic carbocycles. The molecule has 1 atom stereocenters. The van der Waals surface area contributed by atoms with Crippen LogP contribution < -0.4 is 5.32 Å². The second kappa shape index (κ2) is 4.05. The van der Waals surface area contributed by atoms with E-state index in [1.54, 1.807) is 31.2 Å². The molecule has 1 aliphatic heterocycles. The zero-order valence-corrected chi connectivity index (χ0v) is 10.5. The van der Waals surface area contributed by atoms with E-state index >= 15 is 0 Å². The number of fused-ring (bicyclic) bond motifs is 1. The second-order valence-corrected chi connectivity index (χ2v) is 4.82. The predicted molar refractivity (Wildman–Crippen MR) is 73.2 cm³/mol. The molecule has 2 aromatic rings. The van der Waals surface area contributed by atoms with Crippen LogP contribution >= 0.6 is 0 Å². The smallest absolute Gasteiger partial charge is 0.242 e. The third-order valence-electron chi connectivity index (χ3n) is 3.68. The molecule has 0 spiro atoms. The van der Waals surface area contributed by atoms with Crippen LogP contribution in [0.3, 0.4) is 0 Å². The van der Waals surface area contributed by atoms with Gasteiger partial charge in [0.1, 0.15) is 5.41 Å². The Morgan fingerprint density at radius 2 is 1.53 bits per heavy atom. The maximum absolute atomic E-state index is 12.7. The van der Waals surface area contributed by atoms with E-state index in [-0.39, 0.29) is 11.7 Å². The first-order valence-electron chi connectivity index (χ1n) is 6.15. The summed E-state index contributed by atoms with van der Waals surface area (Å²) in [4.78, 5) is 25.0. The number of para-hydroxylation sites is 1. The van der Waals surface area contributed by atoms with Crippen LogP contribution in [0.2, 0.25) is 0 Å². The number of carbonyl (C=O) groups is 2. The summed E-state index contributed by atoms with van der Waals surface area (Å²) >= 11 is 0. The Balaban J connectivity index is 2.19. The van der Waals surface area contributed by atoms with E-state index in [1.165, 1.54) is 0 Å². The second-order valence-electron chi connectivity index (χ2n) is 4.82. The lowest BCUT2D eigenvalue weighted by Crippen LogP contribution is -2.48. The van der Waals surface area contributed by atoms with Crippen LogP contribution in [0.1, 0.15) is 22.8 Å². The Morgan fingerprint density at radius 1 is 0.895 bits per heavy atom. The summed E-state index contributed by atoms with van der Waals surface area (Å²) in [5.74, 6) is -0.430. The summed E-state index contributed by atoms with van der Waals surface area (Å²) in [6, 6.07) is 16.3. The number of ketones is 1. The van der Waals surface area contributed by atoms with Gasteiger partial charge in [-0.1, -0.05) is 42.5 Å². The lowest BCUT2D eigenvalue weighted by atomic mass is 9.73. The fourth-order valence-corrected chi connectivity index (χ4v) is 2.44. The highest BCUT2D eigenvalue weighted by Gasteiger charge is 2.46. The third kappa shape index (κ3) is 1.58. The maximum Gasteiger partial charge on any atom is 0.242 e. The molecule has 0 aromatic heterocycles. The van der Waals surface area contributed by atoms with Crippen molar-refractivity contribution in [2.75, 3.05) is 5.32 Å². The number of anilines is 1. The van der Waals surface area contributed by atoms with Gasteiger partial charge in [0.15, 0.2) is 5.78 Å². The topological polar surface area (TPSA) is 46.2 Å². The summed E-state index contributed by atoms with van der Waals surface area (Å²) in [7, 11) is 0. The van der Waals surface area contributed by atoms with Crippen molar-refractivity contribution in [3.8, 4) is 0 Å². The van der Waals surface area contributed by atoms with Gasteiger partial charge in [-0.25, -0.2) is 0 Å². The Morgan fingerprint density at radius 3 is 2.26 bits per heavy atom. The summed E-state index contributed by atoms with van der Waals surface area (Å²) in [6.07, 6.45) is 0. The zero-order valence-electron chi connectivity index (χ0n) is 10.5. The molecule has 3 heteroatoms. The molecular formula is C16H13NO2. The van der Waals surface area contributed by atoms with Crippen LogP contribution in [0, 0.1) is 0 Å². The molecule has 3 rings (SSSR count). The van der Waals surface area contributed by atoms with Gasteiger partial charge < -0.3 is 5.32 Å². The van der Waals surface area contributed by atoms with E-state index in [0.29, 0.717) is 16.8 Å². The Hall–Kier alpha value is -2.42. The van der Waals surface area contributed by atoms with Crippen molar-refractivity contribution in [1.82, 2.24) is 0 Å². The highest BCUT2D eigenvalue weighted by molar-refractivity contribution is 6.27. The molecule has 0 saturated carbocycles. The van der Waals surface area contributed by atoms with Crippen molar-refractivity contribution >= 4 is 17.4 Å². The molecule has 1 heterocycles. The minimum atomic E-state index is -1.16. The summed E-state index contributed by atoms with van der Waals surface area (Å²) in [6.45, 7) is 1.68. The van der Waals surface area contributed by atoms with Crippen molar-refractivity contribution in [3.63, 3.8) is 0 Å². The van der Waals surface area contributed by atoms with Crippen molar-refractivity contribution in [3.05, 3.63) is 65.7 Å². The van der Waals surface area contributed by atoms with E-state index in [2.05, 4.69) is 5.32 Å². The van der Waals surface area contributed by atoms with E-state index in [1.807, 2.05) is 30.3 Å². The Bertz CT molecular complexity index is 663. The van der Waals surface area contributed by atoms with Crippen molar-refractivity contribution in [2.24, 2.45) is 0 Å². The Labute approximate surface area is 111 Å². The van der Waals surface area contributed by atoms with E-state index in [0.717, 1.165) is 0 Å². The highest BCUT2D eigenvalue weighted by Crippen LogP contribution is 2.36. The SMILES string of the molecule is CC1(c2ccccc2)C(=O)Nc2ccccc2C1=O. The number of rotatable bonds is 1. The number of benzene rings is 2. The first-order chi connectivity index (χ1) is 9.14. The molecule has 0 aliphatic carbocycles. The van der Waals surface area contributed by atoms with Gasteiger partial charge in [-0.05, 0) is 24.6 Å². The molecule has 94 valence electrons. The van der Waals surface area contributed by atoms with Crippen LogP contribution in [0.5, 0.6) is 0 Å². The summed E-state index contributed by atoms with van der Waals surface area (Å²) < 4.78 is 0. The van der Waals surface area contributed by atoms with Crippen LogP contribution in [0.4, 0.5) is 5.69 Å². The fourth-order valence-electron chi connectivity index (χ4n) is 2.44. The van der Waals surface area contributed by atoms with Gasteiger partial charge >= 0.3 is 0 Å². The van der Waals surface area contributed by atoms with Crippen LogP contribution in [0.25, 0.3) is 0 Å². The number of amides is 1. The average molecular weight is 251 g/mol. The summed E-state index contributed by atoms with van der Waals surface area (Å²) in [5, 5.41) is 2.82. The van der Waals surface area contributed by atoms with Gasteiger partial charge in [0.2, 0.25) is 5.91 Å². The molecule has 1 N–H and O–H groups in total. The van der Waals surface area contributed by atoms with E-state index in [9.17, 15) is 9.59 Å². The molecule has 0 fully saturated rings. The number of Topliss-reactive ketones (excluding diaryl/α,β-unsaturated/α-hetero) is 1. The summed E-state index contributed by atoms with van der Waals surface area (Å²) in [5.41, 5.74) is 0.710. The minimum absolute atomic E-state index is 0.155. The van der Waals surface area contributed by atoms with Gasteiger partial charge in [0, 0.05) is 5.56 Å². The molecule has 19 heavy (non-hydrogen) atoms. The molecular weight excluding hydrogens is 238 g/mol. The maximum atomic E-state index is 12.7. The largest absolute Gasteiger partial charge is 0.324 e. The Kier molecular flexibility index (Phi) is 2.49. The van der Waals surface area contributed by atoms with Crippen molar-refractivity contribution in [2.45, 2.75) is 12.3 Å². The number of hydrogen-bond donors (Lipinski definition) is 1. The fraction of sp³-hybridized carbons (Fsp3) is 0.125. The average Bonchev–Trinajstić information content (AvgIpc) is 2.46. The number of hydrogen-bond acceptors (Lipinski definition) is 2. The molecule has 1 unspecified atom stereocenters. The molecule has 3 nitrogen and oxygen atoms in total. The molecule has 0 bridgehead atoms. The highest BCUT2D eigenvalue weighted by atomic mass is 16.2. The molecule has 0 radical (unpaired) electrons. The monoisotopic (exact) mass is 251 g/mol. The first kappa shape index (κ1) is 11.7. The van der Waals surface area contributed by atoms with Crippen LogP contribution in [-0.2, 0) is 10.2 Å². The minimum Gasteiger partial charge on any atom is -0.324 e. The first-order valence-corrected chi connectivity index (χ1v) is 6.15. The predicted octanol–water partition coefficient (Wildman–Crippen LogP) is 2.78. The van der Waals surface area contributed by atoms with E-state index < -0.39 is 5.41 Å². The molecule has 1 aliphatic rings. The van der Waals surface area contributed by atoms with Gasteiger partial charge in [0.25, 0.3) is 0 Å². The zero-order chi connectivity index (χ0) is 13.5. The van der Waals surface area contributed by atoms with Gasteiger partial charge in [-0.15, -0.1) is 0 Å². The molecule has 0 saturated heterocycles. The number of nitrogens with one attached hydrogen (secondary N) is 1.